The standard InChI is InChI=1S/C15H13N7O2/c16-10(15(23)24)7-9-4-5-12(18-8-9)14-21-19-13(20-22-14)11-3-1-2-6-17-11/h1-6,8,10H,7,16H2,(H,23,24). The highest BCUT2D eigenvalue weighted by Gasteiger charge is 2.13. The molecule has 0 radical (unpaired) electrons. The van der Waals surface area contributed by atoms with Gasteiger partial charge in [0, 0.05) is 12.4 Å². The first-order chi connectivity index (χ1) is 11.6. The predicted molar refractivity (Wildman–Crippen MR) is 83.4 cm³/mol. The molecule has 0 fully saturated rings. The number of hydrogen-bond acceptors (Lipinski definition) is 8. The molecule has 3 rings (SSSR count). The van der Waals surface area contributed by atoms with Crippen molar-refractivity contribution in [3.63, 3.8) is 0 Å². The van der Waals surface area contributed by atoms with E-state index >= 15 is 0 Å². The second-order valence-electron chi connectivity index (χ2n) is 4.96. The van der Waals surface area contributed by atoms with Crippen molar-refractivity contribution in [1.82, 2.24) is 30.4 Å². The summed E-state index contributed by atoms with van der Waals surface area (Å²) in [6.07, 6.45) is 3.36. The van der Waals surface area contributed by atoms with Crippen molar-refractivity contribution in [1.29, 1.82) is 0 Å². The van der Waals surface area contributed by atoms with Gasteiger partial charge in [0.15, 0.2) is 0 Å². The molecule has 0 aliphatic heterocycles. The average Bonchev–Trinajstić information content (AvgIpc) is 2.63. The zero-order valence-electron chi connectivity index (χ0n) is 12.4. The van der Waals surface area contributed by atoms with E-state index in [2.05, 4.69) is 30.4 Å². The third kappa shape index (κ3) is 3.52. The summed E-state index contributed by atoms with van der Waals surface area (Å²) in [4.78, 5) is 19.1. The molecule has 0 aliphatic rings. The van der Waals surface area contributed by atoms with Gasteiger partial charge in [0.25, 0.3) is 0 Å². The maximum atomic E-state index is 10.8. The molecule has 9 nitrogen and oxygen atoms in total. The van der Waals surface area contributed by atoms with Crippen LogP contribution in [0, 0.1) is 0 Å². The Balaban J connectivity index is 1.76. The van der Waals surface area contributed by atoms with Gasteiger partial charge in [-0.1, -0.05) is 12.1 Å². The molecular formula is C15H13N7O2. The molecule has 0 saturated heterocycles. The number of carbonyl (C=O) groups is 1. The molecule has 0 saturated carbocycles. The molecular weight excluding hydrogens is 310 g/mol. The average molecular weight is 323 g/mol. The van der Waals surface area contributed by atoms with Crippen LogP contribution in [-0.2, 0) is 11.2 Å². The first kappa shape index (κ1) is 15.6. The van der Waals surface area contributed by atoms with Crippen molar-refractivity contribution >= 4 is 5.97 Å². The lowest BCUT2D eigenvalue weighted by molar-refractivity contribution is -0.138. The lowest BCUT2D eigenvalue weighted by Crippen LogP contribution is -2.32. The minimum Gasteiger partial charge on any atom is -0.480 e. The Kier molecular flexibility index (Phi) is 4.43. The largest absolute Gasteiger partial charge is 0.480 e. The molecule has 3 aromatic heterocycles. The highest BCUT2D eigenvalue weighted by molar-refractivity contribution is 5.73. The van der Waals surface area contributed by atoms with Gasteiger partial charge in [0.1, 0.15) is 17.4 Å². The Morgan fingerprint density at radius 1 is 1.00 bits per heavy atom. The molecule has 0 aromatic carbocycles. The van der Waals surface area contributed by atoms with Crippen molar-refractivity contribution in [3.05, 3.63) is 48.3 Å². The van der Waals surface area contributed by atoms with E-state index in [1.54, 1.807) is 30.5 Å². The maximum absolute atomic E-state index is 10.8. The van der Waals surface area contributed by atoms with Crippen LogP contribution < -0.4 is 5.73 Å². The van der Waals surface area contributed by atoms with E-state index in [0.717, 1.165) is 0 Å². The zero-order valence-corrected chi connectivity index (χ0v) is 12.4. The minimum absolute atomic E-state index is 0.193. The zero-order chi connectivity index (χ0) is 16.9. The summed E-state index contributed by atoms with van der Waals surface area (Å²) in [6, 6.07) is 7.80. The van der Waals surface area contributed by atoms with Crippen molar-refractivity contribution in [3.8, 4) is 23.0 Å². The number of nitrogens with zero attached hydrogens (tertiary/aromatic N) is 6. The molecule has 120 valence electrons. The minimum atomic E-state index is -1.05. The highest BCUT2D eigenvalue weighted by atomic mass is 16.4. The quantitative estimate of drug-likeness (QED) is 0.680. The number of carboxylic acids is 1. The number of rotatable bonds is 5. The summed E-state index contributed by atoms with van der Waals surface area (Å²) in [5.74, 6) is -0.465. The first-order valence-electron chi connectivity index (χ1n) is 7.06. The van der Waals surface area contributed by atoms with Gasteiger partial charge in [-0.15, -0.1) is 20.4 Å². The summed E-state index contributed by atoms with van der Waals surface area (Å²) in [7, 11) is 0. The number of carboxylic acid groups (broad SMARTS) is 1. The third-order valence-corrected chi connectivity index (χ3v) is 3.20. The molecule has 24 heavy (non-hydrogen) atoms. The lowest BCUT2D eigenvalue weighted by Gasteiger charge is -2.06. The monoisotopic (exact) mass is 323 g/mol. The first-order valence-corrected chi connectivity index (χ1v) is 7.06. The van der Waals surface area contributed by atoms with Crippen LogP contribution in [0.2, 0.25) is 0 Å². The second kappa shape index (κ2) is 6.84. The predicted octanol–water partition coefficient (Wildman–Crippen LogP) is 0.345. The summed E-state index contributed by atoms with van der Waals surface area (Å²) >= 11 is 0. The van der Waals surface area contributed by atoms with E-state index in [9.17, 15) is 4.79 Å². The van der Waals surface area contributed by atoms with Crippen LogP contribution in [0.3, 0.4) is 0 Å². The molecule has 0 bridgehead atoms. The Morgan fingerprint density at radius 3 is 2.17 bits per heavy atom. The van der Waals surface area contributed by atoms with Gasteiger partial charge in [0.2, 0.25) is 11.6 Å². The van der Waals surface area contributed by atoms with Crippen LogP contribution in [0.25, 0.3) is 23.0 Å². The number of hydrogen-bond donors (Lipinski definition) is 2. The smallest absolute Gasteiger partial charge is 0.320 e. The van der Waals surface area contributed by atoms with Gasteiger partial charge >= 0.3 is 5.97 Å². The Hall–Kier alpha value is -3.33. The lowest BCUT2D eigenvalue weighted by atomic mass is 10.1. The maximum Gasteiger partial charge on any atom is 0.320 e. The summed E-state index contributed by atoms with van der Waals surface area (Å²) in [6.45, 7) is 0. The topological polar surface area (TPSA) is 141 Å². The van der Waals surface area contributed by atoms with Gasteiger partial charge in [-0.3, -0.25) is 14.8 Å². The SMILES string of the molecule is NC(Cc1ccc(-c2nnc(-c3ccccn3)nn2)nc1)C(=O)O. The van der Waals surface area contributed by atoms with E-state index in [1.165, 1.54) is 6.20 Å². The van der Waals surface area contributed by atoms with Crippen LogP contribution in [0.15, 0.2) is 42.7 Å². The van der Waals surface area contributed by atoms with Gasteiger partial charge in [-0.2, -0.15) is 0 Å². The van der Waals surface area contributed by atoms with E-state index in [0.29, 0.717) is 22.8 Å². The number of aliphatic carboxylic acids is 1. The number of nitrogens with two attached hydrogens (primary N) is 1. The van der Waals surface area contributed by atoms with Crippen molar-refractivity contribution in [2.45, 2.75) is 12.5 Å². The van der Waals surface area contributed by atoms with Gasteiger partial charge in [-0.25, -0.2) is 0 Å². The molecule has 3 heterocycles. The van der Waals surface area contributed by atoms with Gasteiger partial charge < -0.3 is 10.8 Å². The summed E-state index contributed by atoms with van der Waals surface area (Å²) in [5, 5.41) is 24.8. The van der Waals surface area contributed by atoms with Crippen molar-refractivity contribution < 1.29 is 9.90 Å². The van der Waals surface area contributed by atoms with E-state index in [-0.39, 0.29) is 12.2 Å². The van der Waals surface area contributed by atoms with Crippen LogP contribution >= 0.6 is 0 Å². The van der Waals surface area contributed by atoms with Crippen LogP contribution in [0.4, 0.5) is 0 Å². The molecule has 1 unspecified atom stereocenters. The summed E-state index contributed by atoms with van der Waals surface area (Å²) in [5.41, 5.74) is 7.26. The molecule has 3 aromatic rings. The molecule has 0 spiro atoms. The fourth-order valence-corrected chi connectivity index (χ4v) is 1.95. The molecule has 0 amide bonds. The van der Waals surface area contributed by atoms with E-state index in [4.69, 9.17) is 10.8 Å². The summed E-state index contributed by atoms with van der Waals surface area (Å²) < 4.78 is 0. The normalized spacial score (nSPS) is 11.9. The molecule has 9 heteroatoms. The van der Waals surface area contributed by atoms with Crippen LogP contribution in [0.1, 0.15) is 5.56 Å². The number of aromatic nitrogens is 6. The Morgan fingerprint density at radius 2 is 1.67 bits per heavy atom. The highest BCUT2D eigenvalue weighted by Crippen LogP contribution is 2.13. The van der Waals surface area contributed by atoms with Gasteiger partial charge in [0.05, 0.1) is 0 Å². The van der Waals surface area contributed by atoms with Crippen LogP contribution in [0.5, 0.6) is 0 Å². The van der Waals surface area contributed by atoms with Crippen LogP contribution in [-0.4, -0.2) is 47.5 Å². The Bertz CT molecular complexity index is 823. The van der Waals surface area contributed by atoms with E-state index in [1.807, 2.05) is 6.07 Å². The fraction of sp³-hybridized carbons (Fsp3) is 0.133. The molecule has 3 N–H and O–H groups in total. The van der Waals surface area contributed by atoms with Crippen molar-refractivity contribution in [2.75, 3.05) is 0 Å². The molecule has 0 aliphatic carbocycles. The van der Waals surface area contributed by atoms with E-state index < -0.39 is 12.0 Å². The van der Waals surface area contributed by atoms with Crippen molar-refractivity contribution in [2.24, 2.45) is 5.73 Å². The second-order valence-corrected chi connectivity index (χ2v) is 4.96. The third-order valence-electron chi connectivity index (χ3n) is 3.20. The number of pyridine rings is 2. The van der Waals surface area contributed by atoms with Gasteiger partial charge in [-0.05, 0) is 30.2 Å². The fourth-order valence-electron chi connectivity index (χ4n) is 1.95. The Labute approximate surface area is 136 Å². The molecule has 1 atom stereocenters.